The fourth-order valence-electron chi connectivity index (χ4n) is 3.35. The maximum Gasteiger partial charge on any atom is 0.325 e. The van der Waals surface area contributed by atoms with Crippen molar-refractivity contribution in [2.24, 2.45) is 0 Å². The smallest absolute Gasteiger partial charge is 0.323 e. The van der Waals surface area contributed by atoms with Gasteiger partial charge in [-0.15, -0.1) is 0 Å². The number of imide groups is 1. The number of urea groups is 1. The van der Waals surface area contributed by atoms with Gasteiger partial charge in [0, 0.05) is 12.7 Å². The number of likely N-dealkylation sites (N-methyl/N-ethyl adjacent to an activating group) is 1. The van der Waals surface area contributed by atoms with Gasteiger partial charge >= 0.3 is 6.03 Å². The number of rotatable bonds is 3. The van der Waals surface area contributed by atoms with Crippen molar-refractivity contribution >= 4 is 23.5 Å². The molecule has 0 unspecified atom stereocenters. The van der Waals surface area contributed by atoms with E-state index in [1.54, 1.807) is 7.05 Å². The molecule has 0 radical (unpaired) electrons. The van der Waals surface area contributed by atoms with Gasteiger partial charge in [-0.2, -0.15) is 0 Å². The zero-order chi connectivity index (χ0) is 16.4. The van der Waals surface area contributed by atoms with Crippen molar-refractivity contribution in [2.45, 2.75) is 37.6 Å². The Hall–Kier alpha value is -2.37. The number of hydrogen-bond donors (Lipinski definition) is 1. The lowest BCUT2D eigenvalue weighted by Crippen LogP contribution is -2.49. The summed E-state index contributed by atoms with van der Waals surface area (Å²) in [6.45, 7) is -0.224. The number of anilines is 1. The van der Waals surface area contributed by atoms with Crippen molar-refractivity contribution in [3.63, 3.8) is 0 Å². The molecule has 1 aliphatic carbocycles. The minimum atomic E-state index is -0.777. The highest BCUT2D eigenvalue weighted by Crippen LogP contribution is 2.33. The van der Waals surface area contributed by atoms with Gasteiger partial charge in [-0.1, -0.05) is 37.5 Å². The van der Waals surface area contributed by atoms with Crippen molar-refractivity contribution < 1.29 is 14.4 Å². The highest BCUT2D eigenvalue weighted by Gasteiger charge is 2.51. The highest BCUT2D eigenvalue weighted by atomic mass is 16.2. The molecule has 122 valence electrons. The molecule has 0 bridgehead atoms. The first-order valence-electron chi connectivity index (χ1n) is 7.99. The van der Waals surface area contributed by atoms with E-state index in [9.17, 15) is 14.4 Å². The van der Waals surface area contributed by atoms with E-state index in [-0.39, 0.29) is 18.4 Å². The molecule has 1 saturated heterocycles. The van der Waals surface area contributed by atoms with Crippen molar-refractivity contribution in [1.29, 1.82) is 0 Å². The van der Waals surface area contributed by atoms with Crippen molar-refractivity contribution in [1.82, 2.24) is 10.2 Å². The average molecular weight is 315 g/mol. The maximum absolute atomic E-state index is 12.7. The highest BCUT2D eigenvalue weighted by molar-refractivity contribution is 6.10. The van der Waals surface area contributed by atoms with E-state index in [1.165, 1.54) is 4.90 Å². The van der Waals surface area contributed by atoms with E-state index < -0.39 is 11.6 Å². The first-order valence-corrected chi connectivity index (χ1v) is 7.99. The molecule has 1 spiro atoms. The van der Waals surface area contributed by atoms with Gasteiger partial charge in [-0.3, -0.25) is 14.5 Å². The molecular weight excluding hydrogens is 294 g/mol. The van der Waals surface area contributed by atoms with Gasteiger partial charge in [0.15, 0.2) is 0 Å². The third kappa shape index (κ3) is 2.81. The Balaban J connectivity index is 1.71. The molecule has 3 rings (SSSR count). The Labute approximate surface area is 135 Å². The molecule has 1 saturated carbocycles. The van der Waals surface area contributed by atoms with Crippen LogP contribution in [0.5, 0.6) is 0 Å². The number of hydrogen-bond acceptors (Lipinski definition) is 3. The SMILES string of the molecule is CN(C(=O)CN1C(=O)NC2(CCCCC2)C1=O)c1ccccc1. The number of para-hydroxylation sites is 1. The Morgan fingerprint density at radius 2 is 1.83 bits per heavy atom. The zero-order valence-corrected chi connectivity index (χ0v) is 13.2. The van der Waals surface area contributed by atoms with Crippen LogP contribution < -0.4 is 10.2 Å². The lowest BCUT2D eigenvalue weighted by atomic mass is 9.82. The van der Waals surface area contributed by atoms with Crippen LogP contribution in [0.2, 0.25) is 0 Å². The van der Waals surface area contributed by atoms with E-state index in [2.05, 4.69) is 5.32 Å². The number of amides is 4. The summed E-state index contributed by atoms with van der Waals surface area (Å²) in [5.74, 6) is -0.537. The molecule has 1 aromatic carbocycles. The molecule has 1 aromatic rings. The first kappa shape index (κ1) is 15.5. The molecule has 6 heteroatoms. The van der Waals surface area contributed by atoms with Crippen LogP contribution in [0.3, 0.4) is 0 Å². The summed E-state index contributed by atoms with van der Waals surface area (Å²) in [6, 6.07) is 8.71. The van der Waals surface area contributed by atoms with Crippen LogP contribution in [-0.4, -0.2) is 41.9 Å². The Morgan fingerprint density at radius 3 is 2.48 bits per heavy atom. The molecular formula is C17H21N3O3. The van der Waals surface area contributed by atoms with Crippen LogP contribution in [0.15, 0.2) is 30.3 Å². The summed E-state index contributed by atoms with van der Waals surface area (Å²) in [4.78, 5) is 39.8. The van der Waals surface area contributed by atoms with Gasteiger partial charge in [-0.25, -0.2) is 4.79 Å². The molecule has 1 N–H and O–H groups in total. The average Bonchev–Trinajstić information content (AvgIpc) is 2.80. The molecule has 4 amide bonds. The van der Waals surface area contributed by atoms with Crippen LogP contribution in [-0.2, 0) is 9.59 Å². The lowest BCUT2D eigenvalue weighted by molar-refractivity contribution is -0.135. The van der Waals surface area contributed by atoms with E-state index >= 15 is 0 Å². The summed E-state index contributed by atoms with van der Waals surface area (Å²) >= 11 is 0. The topological polar surface area (TPSA) is 69.7 Å². The van der Waals surface area contributed by atoms with Crippen molar-refractivity contribution in [2.75, 3.05) is 18.5 Å². The van der Waals surface area contributed by atoms with Gasteiger partial charge < -0.3 is 10.2 Å². The molecule has 0 atom stereocenters. The molecule has 2 fully saturated rings. The number of carbonyl (C=O) groups is 3. The Kier molecular flexibility index (Phi) is 4.07. The number of nitrogens with one attached hydrogen (secondary N) is 1. The predicted octanol–water partition coefficient (Wildman–Crippen LogP) is 1.90. The molecule has 6 nitrogen and oxygen atoms in total. The lowest BCUT2D eigenvalue weighted by Gasteiger charge is -2.30. The van der Waals surface area contributed by atoms with Crippen LogP contribution in [0, 0.1) is 0 Å². The van der Waals surface area contributed by atoms with Gasteiger partial charge in [0.05, 0.1) is 0 Å². The second kappa shape index (κ2) is 6.02. The largest absolute Gasteiger partial charge is 0.325 e. The van der Waals surface area contributed by atoms with Crippen molar-refractivity contribution in [3.05, 3.63) is 30.3 Å². The van der Waals surface area contributed by atoms with Gasteiger partial charge in [0.1, 0.15) is 12.1 Å². The van der Waals surface area contributed by atoms with E-state index in [0.717, 1.165) is 29.8 Å². The summed E-state index contributed by atoms with van der Waals surface area (Å²) in [7, 11) is 1.65. The number of nitrogens with zero attached hydrogens (tertiary/aromatic N) is 2. The zero-order valence-electron chi connectivity index (χ0n) is 13.2. The molecule has 23 heavy (non-hydrogen) atoms. The third-order valence-electron chi connectivity index (χ3n) is 4.76. The number of carbonyl (C=O) groups excluding carboxylic acids is 3. The minimum absolute atomic E-state index is 0.224. The Morgan fingerprint density at radius 1 is 1.17 bits per heavy atom. The minimum Gasteiger partial charge on any atom is -0.323 e. The molecule has 0 aromatic heterocycles. The van der Waals surface area contributed by atoms with Crippen LogP contribution in [0.4, 0.5) is 10.5 Å². The maximum atomic E-state index is 12.7. The van der Waals surface area contributed by atoms with E-state index in [4.69, 9.17) is 0 Å². The first-order chi connectivity index (χ1) is 11.0. The summed E-state index contributed by atoms with van der Waals surface area (Å²) < 4.78 is 0. The molecule has 2 aliphatic rings. The Bertz CT molecular complexity index is 623. The second-order valence-corrected chi connectivity index (χ2v) is 6.25. The monoisotopic (exact) mass is 315 g/mol. The summed E-state index contributed by atoms with van der Waals surface area (Å²) in [6.07, 6.45) is 4.27. The van der Waals surface area contributed by atoms with Crippen LogP contribution in [0.25, 0.3) is 0 Å². The van der Waals surface area contributed by atoms with Crippen LogP contribution in [0.1, 0.15) is 32.1 Å². The standard InChI is InChI=1S/C17H21N3O3/c1-19(13-8-4-2-5-9-13)14(21)12-20-15(22)17(18-16(20)23)10-6-3-7-11-17/h2,4-5,8-9H,3,6-7,10-12H2,1H3,(H,18,23). The van der Waals surface area contributed by atoms with Crippen LogP contribution >= 0.6 is 0 Å². The molecule has 1 heterocycles. The quantitative estimate of drug-likeness (QED) is 0.866. The fourth-order valence-corrected chi connectivity index (χ4v) is 3.35. The van der Waals surface area contributed by atoms with E-state index in [1.807, 2.05) is 30.3 Å². The fraction of sp³-hybridized carbons (Fsp3) is 0.471. The summed E-state index contributed by atoms with van der Waals surface area (Å²) in [5, 5.41) is 2.82. The molecule has 1 aliphatic heterocycles. The predicted molar refractivity (Wildman–Crippen MR) is 85.9 cm³/mol. The van der Waals surface area contributed by atoms with Crippen molar-refractivity contribution in [3.8, 4) is 0 Å². The normalized spacial score (nSPS) is 19.8. The van der Waals surface area contributed by atoms with Gasteiger partial charge in [0.2, 0.25) is 5.91 Å². The van der Waals surface area contributed by atoms with Gasteiger partial charge in [-0.05, 0) is 25.0 Å². The third-order valence-corrected chi connectivity index (χ3v) is 4.76. The second-order valence-electron chi connectivity index (χ2n) is 6.25. The number of benzene rings is 1. The summed E-state index contributed by atoms with van der Waals surface area (Å²) in [5.41, 5.74) is -0.0436. The van der Waals surface area contributed by atoms with E-state index in [0.29, 0.717) is 12.8 Å². The van der Waals surface area contributed by atoms with Gasteiger partial charge in [0.25, 0.3) is 5.91 Å².